The molecule has 0 spiro atoms. The highest BCUT2D eigenvalue weighted by molar-refractivity contribution is 14.1. The summed E-state index contributed by atoms with van der Waals surface area (Å²) in [6, 6.07) is 21.6. The number of ether oxygens (including phenoxy) is 2. The number of halogens is 1. The van der Waals surface area contributed by atoms with E-state index in [4.69, 9.17) is 23.4 Å². The second kappa shape index (κ2) is 11.5. The van der Waals surface area contributed by atoms with Gasteiger partial charge in [0, 0.05) is 13.2 Å². The molecule has 0 aliphatic rings. The summed E-state index contributed by atoms with van der Waals surface area (Å²) >= 11 is 1.86. The van der Waals surface area contributed by atoms with Gasteiger partial charge in [-0.1, -0.05) is 81.4 Å². The van der Waals surface area contributed by atoms with Gasteiger partial charge in [0.25, 0.3) is 8.32 Å². The normalized spacial score (nSPS) is 12.8. The third-order valence-electron chi connectivity index (χ3n) is 5.61. The molecule has 0 bridgehead atoms. The Morgan fingerprint density at radius 3 is 2.00 bits per heavy atom. The molecular weight excluding hydrogens is 579 g/mol. The van der Waals surface area contributed by atoms with Crippen LogP contribution >= 0.6 is 22.6 Å². The van der Waals surface area contributed by atoms with Crippen molar-refractivity contribution in [3.05, 3.63) is 86.5 Å². The molecule has 3 rings (SSSR count). The monoisotopic (exact) mass is 608 g/mol. The second-order valence-corrected chi connectivity index (χ2v) is 14.5. The van der Waals surface area contributed by atoms with E-state index in [0.29, 0.717) is 3.57 Å². The van der Waals surface area contributed by atoms with E-state index in [2.05, 4.69) is 45.0 Å². The Morgan fingerprint density at radius 1 is 1.03 bits per heavy atom. The molecule has 1 N–H and O–H groups in total. The number of carboxylic acids is 1. The van der Waals surface area contributed by atoms with Gasteiger partial charge in [0.05, 0.1) is 16.8 Å². The molecular formula is C26H29IO7Si. The number of aromatic carboxylic acids is 1. The number of hydrogen-bond donors (Lipinski definition) is 1. The minimum Gasteiger partial charge on any atom is -0.478 e. The Bertz CT molecular complexity index is 1150. The van der Waals surface area contributed by atoms with E-state index in [-0.39, 0.29) is 24.0 Å². The molecule has 0 saturated heterocycles. The van der Waals surface area contributed by atoms with Crippen molar-refractivity contribution in [1.29, 1.82) is 0 Å². The number of hydrogen-bond acceptors (Lipinski definition) is 6. The Morgan fingerprint density at radius 2 is 1.57 bits per heavy atom. The lowest BCUT2D eigenvalue weighted by atomic mass is 10.2. The van der Waals surface area contributed by atoms with Crippen LogP contribution in [0.5, 0.6) is 5.75 Å². The first kappa shape index (κ1) is 27.1. The fourth-order valence-corrected chi connectivity index (χ4v) is 9.33. The fraction of sp³-hybridized carbons (Fsp3) is 0.308. The Labute approximate surface area is 219 Å². The average Bonchev–Trinajstić information content (AvgIpc) is 2.82. The molecule has 0 saturated carbocycles. The quantitative estimate of drug-likeness (QED) is 0.276. The zero-order chi connectivity index (χ0) is 25.6. The van der Waals surface area contributed by atoms with Crippen LogP contribution in [0.1, 0.15) is 31.3 Å². The third kappa shape index (κ3) is 6.03. The van der Waals surface area contributed by atoms with Crippen molar-refractivity contribution >= 4 is 47.3 Å². The molecule has 9 heteroatoms. The zero-order valence-corrected chi connectivity index (χ0v) is 23.3. The van der Waals surface area contributed by atoms with Crippen LogP contribution in [0, 0.1) is 3.57 Å². The van der Waals surface area contributed by atoms with Gasteiger partial charge in [-0.2, -0.15) is 0 Å². The van der Waals surface area contributed by atoms with Crippen molar-refractivity contribution in [3.8, 4) is 5.75 Å². The van der Waals surface area contributed by atoms with Crippen molar-refractivity contribution in [3.63, 3.8) is 0 Å². The lowest BCUT2D eigenvalue weighted by molar-refractivity contribution is 0.0423. The van der Waals surface area contributed by atoms with Gasteiger partial charge in [-0.15, -0.1) is 0 Å². The SMILES string of the molecule is COCC(CO[Si](c1ccccc1)(c1ccccc1)C(C)(C)C)Oc1c(I)cc(C(=O)O)oc1=O. The first-order valence-electron chi connectivity index (χ1n) is 11.1. The van der Waals surface area contributed by atoms with Crippen LogP contribution < -0.4 is 20.7 Å². The van der Waals surface area contributed by atoms with Gasteiger partial charge in [0.15, 0.2) is 0 Å². The minimum atomic E-state index is -2.83. The number of rotatable bonds is 10. The molecule has 0 aliphatic heterocycles. The van der Waals surface area contributed by atoms with E-state index in [1.54, 1.807) is 7.11 Å². The highest BCUT2D eigenvalue weighted by atomic mass is 127. The summed E-state index contributed by atoms with van der Waals surface area (Å²) in [6.45, 7) is 6.83. The van der Waals surface area contributed by atoms with E-state index in [1.807, 2.05) is 59.0 Å². The smallest absolute Gasteiger partial charge is 0.380 e. The predicted molar refractivity (Wildman–Crippen MR) is 145 cm³/mol. The van der Waals surface area contributed by atoms with Crippen molar-refractivity contribution in [2.45, 2.75) is 31.9 Å². The molecule has 0 amide bonds. The molecule has 0 aliphatic carbocycles. The summed E-state index contributed by atoms with van der Waals surface area (Å²) in [5.74, 6) is -1.84. The van der Waals surface area contributed by atoms with E-state index in [0.717, 1.165) is 10.4 Å². The maximum Gasteiger partial charge on any atom is 0.380 e. The van der Waals surface area contributed by atoms with Gasteiger partial charge in [-0.25, -0.2) is 9.59 Å². The predicted octanol–water partition coefficient (Wildman–Crippen LogP) is 3.91. The molecule has 186 valence electrons. The van der Waals surface area contributed by atoms with E-state index in [1.165, 1.54) is 6.07 Å². The van der Waals surface area contributed by atoms with Crippen molar-refractivity contribution in [2.24, 2.45) is 0 Å². The molecule has 7 nitrogen and oxygen atoms in total. The van der Waals surface area contributed by atoms with Crippen LogP contribution in [0.15, 0.2) is 75.9 Å². The maximum absolute atomic E-state index is 12.5. The van der Waals surface area contributed by atoms with Gasteiger partial charge < -0.3 is 23.4 Å². The van der Waals surface area contributed by atoms with Crippen LogP contribution in [-0.2, 0) is 9.16 Å². The molecule has 0 radical (unpaired) electrons. The lowest BCUT2D eigenvalue weighted by Crippen LogP contribution is -2.67. The zero-order valence-electron chi connectivity index (χ0n) is 20.1. The van der Waals surface area contributed by atoms with Gasteiger partial charge in [-0.05, 0) is 38.0 Å². The molecule has 2 aromatic carbocycles. The highest BCUT2D eigenvalue weighted by Crippen LogP contribution is 2.37. The third-order valence-corrected chi connectivity index (χ3v) is 11.4. The molecule has 1 atom stereocenters. The van der Waals surface area contributed by atoms with Gasteiger partial charge in [0.2, 0.25) is 11.5 Å². The van der Waals surface area contributed by atoms with Gasteiger partial charge >= 0.3 is 11.6 Å². The molecule has 1 unspecified atom stereocenters. The number of carboxylic acid groups (broad SMARTS) is 1. The van der Waals surface area contributed by atoms with E-state index in [9.17, 15) is 9.59 Å². The summed E-state index contributed by atoms with van der Waals surface area (Å²) in [5, 5.41) is 11.2. The lowest BCUT2D eigenvalue weighted by Gasteiger charge is -2.43. The Balaban J connectivity index is 2.00. The standard InChI is InChI=1S/C26H29IO7Si/c1-26(2,3)35(19-11-7-5-8-12-19,20-13-9-6-10-14-20)32-17-18(16-31-4)33-23-21(27)15-22(24(28)29)34-25(23)30/h5-15,18H,16-17H2,1-4H3,(H,28,29). The van der Waals surface area contributed by atoms with Crippen molar-refractivity contribution in [1.82, 2.24) is 0 Å². The first-order chi connectivity index (χ1) is 16.6. The van der Waals surface area contributed by atoms with Gasteiger partial charge in [-0.3, -0.25) is 0 Å². The average molecular weight is 609 g/mol. The molecule has 1 heterocycles. The summed E-state index contributed by atoms with van der Waals surface area (Å²) in [6.07, 6.45) is -0.631. The molecule has 1 aromatic heterocycles. The summed E-state index contributed by atoms with van der Waals surface area (Å²) in [7, 11) is -1.28. The van der Waals surface area contributed by atoms with E-state index >= 15 is 0 Å². The molecule has 35 heavy (non-hydrogen) atoms. The van der Waals surface area contributed by atoms with E-state index < -0.39 is 31.8 Å². The molecule has 0 fully saturated rings. The summed E-state index contributed by atoms with van der Waals surface area (Å²) < 4.78 is 23.5. The highest BCUT2D eigenvalue weighted by Gasteiger charge is 2.50. The summed E-state index contributed by atoms with van der Waals surface area (Å²) in [5.41, 5.74) is -0.860. The van der Waals surface area contributed by atoms with Crippen molar-refractivity contribution in [2.75, 3.05) is 20.3 Å². The van der Waals surface area contributed by atoms with Crippen LogP contribution in [0.4, 0.5) is 0 Å². The second-order valence-electron chi connectivity index (χ2n) is 9.05. The van der Waals surface area contributed by atoms with Gasteiger partial charge in [0.1, 0.15) is 6.10 Å². The number of methoxy groups -OCH3 is 1. The largest absolute Gasteiger partial charge is 0.478 e. The van der Waals surface area contributed by atoms with Crippen LogP contribution in [-0.4, -0.2) is 45.8 Å². The van der Waals surface area contributed by atoms with Crippen LogP contribution in [0.2, 0.25) is 5.04 Å². The first-order valence-corrected chi connectivity index (χ1v) is 14.1. The number of carbonyl (C=O) groups is 1. The van der Waals surface area contributed by atoms with Crippen LogP contribution in [0.3, 0.4) is 0 Å². The number of benzene rings is 2. The molecule has 3 aromatic rings. The summed E-state index contributed by atoms with van der Waals surface area (Å²) in [4.78, 5) is 23.7. The maximum atomic E-state index is 12.5. The fourth-order valence-electron chi connectivity index (χ4n) is 4.11. The Kier molecular flexibility index (Phi) is 8.92. The topological polar surface area (TPSA) is 95.2 Å². The van der Waals surface area contributed by atoms with Crippen molar-refractivity contribution < 1.29 is 28.2 Å². The minimum absolute atomic E-state index is 0.0660. The van der Waals surface area contributed by atoms with Crippen LogP contribution in [0.25, 0.3) is 0 Å². The Hall–Kier alpha value is -2.47.